The van der Waals surface area contributed by atoms with Crippen molar-refractivity contribution in [1.82, 2.24) is 19.8 Å². The van der Waals surface area contributed by atoms with E-state index in [1.165, 1.54) is 24.3 Å². The molecule has 3 heterocycles. The number of carbonyl (C=O) groups excluding carboxylic acids is 1. The minimum absolute atomic E-state index is 0.0856. The van der Waals surface area contributed by atoms with Crippen molar-refractivity contribution in [2.75, 3.05) is 11.9 Å². The number of carbonyl (C=O) groups is 1. The van der Waals surface area contributed by atoms with Crippen molar-refractivity contribution < 1.29 is 13.6 Å². The molecular formula is C27H23F2N5OS. The number of halogens is 2. The number of nitrogens with one attached hydrogen (secondary N) is 2. The van der Waals surface area contributed by atoms with E-state index in [9.17, 15) is 13.6 Å². The van der Waals surface area contributed by atoms with E-state index in [2.05, 4.69) is 15.6 Å². The van der Waals surface area contributed by atoms with E-state index in [-0.39, 0.29) is 42.5 Å². The SMILES string of the molecule is O=C(CCN1C(=S)N[C@@H](c2ccccn2)[C@@H]1c1cccn1-c1cccc(F)c1)Nc1ccccc1F. The second kappa shape index (κ2) is 10.2. The van der Waals surface area contributed by atoms with Crippen molar-refractivity contribution in [3.8, 4) is 5.69 Å². The number of rotatable bonds is 7. The Bertz CT molecular complexity index is 1390. The van der Waals surface area contributed by atoms with Gasteiger partial charge in [0.15, 0.2) is 5.11 Å². The van der Waals surface area contributed by atoms with E-state index < -0.39 is 5.82 Å². The summed E-state index contributed by atoms with van der Waals surface area (Å²) in [5.41, 5.74) is 2.45. The Labute approximate surface area is 212 Å². The number of amides is 1. The average molecular weight is 504 g/mol. The molecule has 36 heavy (non-hydrogen) atoms. The molecular weight excluding hydrogens is 480 g/mol. The number of thiocarbonyl (C=S) groups is 1. The molecule has 2 N–H and O–H groups in total. The molecule has 0 radical (unpaired) electrons. The molecule has 182 valence electrons. The van der Waals surface area contributed by atoms with Gasteiger partial charge in [-0.2, -0.15) is 0 Å². The number of anilines is 1. The zero-order valence-electron chi connectivity index (χ0n) is 19.1. The first-order valence-electron chi connectivity index (χ1n) is 11.5. The summed E-state index contributed by atoms with van der Waals surface area (Å²) >= 11 is 5.68. The fourth-order valence-corrected chi connectivity index (χ4v) is 4.79. The van der Waals surface area contributed by atoms with Crippen molar-refractivity contribution in [2.45, 2.75) is 18.5 Å². The maximum absolute atomic E-state index is 14.0. The van der Waals surface area contributed by atoms with Crippen LogP contribution in [0.5, 0.6) is 0 Å². The topological polar surface area (TPSA) is 62.2 Å². The monoisotopic (exact) mass is 503 g/mol. The Hall–Kier alpha value is -4.11. The van der Waals surface area contributed by atoms with Crippen LogP contribution in [-0.4, -0.2) is 32.0 Å². The first-order valence-corrected chi connectivity index (χ1v) is 11.9. The number of nitrogens with zero attached hydrogens (tertiary/aromatic N) is 3. The molecule has 0 spiro atoms. The Morgan fingerprint density at radius 2 is 1.86 bits per heavy atom. The van der Waals surface area contributed by atoms with Gasteiger partial charge in [0.05, 0.1) is 23.5 Å². The van der Waals surface area contributed by atoms with Crippen molar-refractivity contribution >= 4 is 28.9 Å². The van der Waals surface area contributed by atoms with Gasteiger partial charge in [-0.15, -0.1) is 0 Å². The van der Waals surface area contributed by atoms with Crippen LogP contribution in [-0.2, 0) is 4.79 Å². The van der Waals surface area contributed by atoms with Crippen LogP contribution >= 0.6 is 12.2 Å². The molecule has 1 saturated heterocycles. The van der Waals surface area contributed by atoms with Gasteiger partial charge in [-0.1, -0.05) is 24.3 Å². The molecule has 1 aliphatic rings. The van der Waals surface area contributed by atoms with E-state index in [4.69, 9.17) is 12.2 Å². The van der Waals surface area contributed by atoms with E-state index >= 15 is 0 Å². The zero-order valence-corrected chi connectivity index (χ0v) is 20.0. The highest BCUT2D eigenvalue weighted by Gasteiger charge is 2.41. The van der Waals surface area contributed by atoms with Crippen LogP contribution in [0.3, 0.4) is 0 Å². The lowest BCUT2D eigenvalue weighted by Crippen LogP contribution is -2.33. The Balaban J connectivity index is 1.45. The minimum Gasteiger partial charge on any atom is -0.352 e. The van der Waals surface area contributed by atoms with Gasteiger partial charge in [0.1, 0.15) is 11.6 Å². The van der Waals surface area contributed by atoms with Crippen LogP contribution in [0.4, 0.5) is 14.5 Å². The highest BCUT2D eigenvalue weighted by atomic mass is 32.1. The Kier molecular flexibility index (Phi) is 6.73. The molecule has 9 heteroatoms. The third kappa shape index (κ3) is 4.83. The summed E-state index contributed by atoms with van der Waals surface area (Å²) in [7, 11) is 0. The summed E-state index contributed by atoms with van der Waals surface area (Å²) in [6.07, 6.45) is 3.67. The molecule has 1 aliphatic heterocycles. The van der Waals surface area contributed by atoms with Crippen molar-refractivity contribution in [1.29, 1.82) is 0 Å². The predicted molar refractivity (Wildman–Crippen MR) is 138 cm³/mol. The number of hydrogen-bond donors (Lipinski definition) is 2. The smallest absolute Gasteiger partial charge is 0.226 e. The highest BCUT2D eigenvalue weighted by molar-refractivity contribution is 7.80. The summed E-state index contributed by atoms with van der Waals surface area (Å²) in [4.78, 5) is 19.1. The molecule has 2 aromatic heterocycles. The molecule has 0 aliphatic carbocycles. The van der Waals surface area contributed by atoms with Gasteiger partial charge in [0, 0.05) is 36.7 Å². The van der Waals surface area contributed by atoms with Crippen LogP contribution in [0.1, 0.15) is 29.9 Å². The quantitative estimate of drug-likeness (QED) is 0.342. The van der Waals surface area contributed by atoms with E-state index in [0.29, 0.717) is 10.8 Å². The number of para-hydroxylation sites is 1. The van der Waals surface area contributed by atoms with Crippen molar-refractivity contribution in [3.63, 3.8) is 0 Å². The average Bonchev–Trinajstić information content (AvgIpc) is 3.49. The molecule has 0 saturated carbocycles. The van der Waals surface area contributed by atoms with E-state index in [0.717, 1.165) is 11.4 Å². The lowest BCUT2D eigenvalue weighted by molar-refractivity contribution is -0.116. The largest absolute Gasteiger partial charge is 0.352 e. The molecule has 1 amide bonds. The third-order valence-corrected chi connectivity index (χ3v) is 6.45. The van der Waals surface area contributed by atoms with Crippen LogP contribution in [0.2, 0.25) is 0 Å². The molecule has 2 atom stereocenters. The number of pyridine rings is 1. The summed E-state index contributed by atoms with van der Waals surface area (Å²) in [5, 5.41) is 6.44. The summed E-state index contributed by atoms with van der Waals surface area (Å²) < 4.78 is 29.9. The fourth-order valence-electron chi connectivity index (χ4n) is 4.46. The molecule has 0 unspecified atom stereocenters. The van der Waals surface area contributed by atoms with Gasteiger partial charge in [-0.3, -0.25) is 9.78 Å². The van der Waals surface area contributed by atoms with Crippen LogP contribution < -0.4 is 10.6 Å². The number of aromatic nitrogens is 2. The van der Waals surface area contributed by atoms with Crippen LogP contribution in [0.25, 0.3) is 5.69 Å². The molecule has 6 nitrogen and oxygen atoms in total. The van der Waals surface area contributed by atoms with Gasteiger partial charge < -0.3 is 20.1 Å². The maximum atomic E-state index is 14.0. The fraction of sp³-hybridized carbons (Fsp3) is 0.148. The van der Waals surface area contributed by atoms with Gasteiger partial charge in [0.25, 0.3) is 0 Å². The summed E-state index contributed by atoms with van der Waals surface area (Å²) in [5.74, 6) is -1.16. The third-order valence-electron chi connectivity index (χ3n) is 6.10. The molecule has 5 rings (SSSR count). The Morgan fingerprint density at radius 3 is 2.64 bits per heavy atom. The molecule has 2 aromatic carbocycles. The van der Waals surface area contributed by atoms with Crippen molar-refractivity contribution in [3.05, 3.63) is 114 Å². The minimum atomic E-state index is -0.495. The Morgan fingerprint density at radius 1 is 1.03 bits per heavy atom. The molecule has 4 aromatic rings. The normalized spacial score (nSPS) is 17.2. The maximum Gasteiger partial charge on any atom is 0.226 e. The van der Waals surface area contributed by atoms with Crippen LogP contribution in [0.15, 0.2) is 91.3 Å². The van der Waals surface area contributed by atoms with Gasteiger partial charge in [-0.25, -0.2) is 8.78 Å². The van der Waals surface area contributed by atoms with Crippen LogP contribution in [0, 0.1) is 11.6 Å². The predicted octanol–water partition coefficient (Wildman–Crippen LogP) is 5.15. The second-order valence-electron chi connectivity index (χ2n) is 8.38. The van der Waals surface area contributed by atoms with Gasteiger partial charge >= 0.3 is 0 Å². The number of hydrogen-bond acceptors (Lipinski definition) is 3. The first kappa shape index (κ1) is 23.6. The molecule has 1 fully saturated rings. The van der Waals surface area contributed by atoms with E-state index in [1.54, 1.807) is 24.4 Å². The second-order valence-corrected chi connectivity index (χ2v) is 8.77. The summed E-state index contributed by atoms with van der Waals surface area (Å²) in [6.45, 7) is 0.286. The van der Waals surface area contributed by atoms with Gasteiger partial charge in [0.2, 0.25) is 5.91 Å². The van der Waals surface area contributed by atoms with E-state index in [1.807, 2.05) is 52.1 Å². The van der Waals surface area contributed by atoms with Gasteiger partial charge in [-0.05, 0) is 66.8 Å². The van der Waals surface area contributed by atoms with Crippen molar-refractivity contribution in [2.24, 2.45) is 0 Å². The lowest BCUT2D eigenvalue weighted by atomic mass is 10.0. The molecule has 0 bridgehead atoms. The lowest BCUT2D eigenvalue weighted by Gasteiger charge is -2.28. The first-order chi connectivity index (χ1) is 17.5. The highest BCUT2D eigenvalue weighted by Crippen LogP contribution is 2.39. The number of benzene rings is 2. The zero-order chi connectivity index (χ0) is 25.1. The summed E-state index contributed by atoms with van der Waals surface area (Å²) in [6, 6.07) is 21.3. The standard InChI is InChI=1S/C27H23F2N5OS/c28-18-7-5-8-19(17-18)33-15-6-12-23(33)26-25(22-11-3-4-14-30-22)32-27(36)34(26)16-13-24(35)31-21-10-2-1-9-20(21)29/h1-12,14-15,17,25-26H,13,16H2,(H,31,35)(H,32,36)/t25-,26-/m0/s1.